The van der Waals surface area contributed by atoms with E-state index in [0.29, 0.717) is 22.7 Å². The quantitative estimate of drug-likeness (QED) is 0.778. The fourth-order valence-electron chi connectivity index (χ4n) is 3.18. The largest absolute Gasteiger partial charge is 0.374 e. The van der Waals surface area contributed by atoms with Crippen molar-refractivity contribution < 1.29 is 9.53 Å². The predicted molar refractivity (Wildman–Crippen MR) is 76.2 cm³/mol. The number of morpholine rings is 1. The Morgan fingerprint density at radius 3 is 3.00 bits per heavy atom. The Balaban J connectivity index is 1.90. The zero-order chi connectivity index (χ0) is 13.4. The Hall–Kier alpha value is -1.06. The number of halogens is 1. The van der Waals surface area contributed by atoms with E-state index in [-0.39, 0.29) is 5.78 Å². The van der Waals surface area contributed by atoms with Gasteiger partial charge in [0, 0.05) is 12.1 Å². The average molecular weight is 280 g/mol. The van der Waals surface area contributed by atoms with E-state index in [9.17, 15) is 4.79 Å². The molecular weight excluding hydrogens is 262 g/mol. The van der Waals surface area contributed by atoms with Gasteiger partial charge in [-0.3, -0.25) is 4.79 Å². The normalized spacial score (nSPS) is 26.3. The van der Waals surface area contributed by atoms with Crippen molar-refractivity contribution in [2.24, 2.45) is 0 Å². The molecule has 0 amide bonds. The van der Waals surface area contributed by atoms with E-state index >= 15 is 0 Å². The van der Waals surface area contributed by atoms with Crippen LogP contribution >= 0.6 is 11.6 Å². The molecule has 0 aromatic heterocycles. The standard InChI is InChI=1S/C15H18ClNO2/c1-10(18)11-5-6-13(12(16)9-11)17-7-8-19-15-4-2-3-14(15)17/h5-6,9,14-15H,2-4,7-8H2,1H3. The Kier molecular flexibility index (Phi) is 3.50. The van der Waals surface area contributed by atoms with Crippen LogP contribution in [0.3, 0.4) is 0 Å². The number of hydrogen-bond donors (Lipinski definition) is 0. The smallest absolute Gasteiger partial charge is 0.159 e. The van der Waals surface area contributed by atoms with Crippen LogP contribution in [0.1, 0.15) is 36.5 Å². The number of anilines is 1. The Morgan fingerprint density at radius 2 is 2.26 bits per heavy atom. The van der Waals surface area contributed by atoms with Crippen molar-refractivity contribution in [1.29, 1.82) is 0 Å². The highest BCUT2D eigenvalue weighted by atomic mass is 35.5. The molecule has 1 aromatic rings. The van der Waals surface area contributed by atoms with Crippen molar-refractivity contribution in [2.45, 2.75) is 38.3 Å². The van der Waals surface area contributed by atoms with E-state index in [1.165, 1.54) is 6.42 Å². The first-order valence-electron chi connectivity index (χ1n) is 6.85. The zero-order valence-corrected chi connectivity index (χ0v) is 11.8. The van der Waals surface area contributed by atoms with Crippen LogP contribution in [0.15, 0.2) is 18.2 Å². The Morgan fingerprint density at radius 1 is 1.42 bits per heavy atom. The lowest BCUT2D eigenvalue weighted by molar-refractivity contribution is 0.0256. The molecule has 1 aromatic carbocycles. The third-order valence-electron chi connectivity index (χ3n) is 4.15. The number of ketones is 1. The summed E-state index contributed by atoms with van der Waals surface area (Å²) < 4.78 is 5.82. The van der Waals surface area contributed by atoms with E-state index in [1.54, 1.807) is 13.0 Å². The van der Waals surface area contributed by atoms with E-state index in [0.717, 1.165) is 31.7 Å². The molecule has 102 valence electrons. The fraction of sp³-hybridized carbons (Fsp3) is 0.533. The molecule has 1 saturated heterocycles. The van der Waals surface area contributed by atoms with Gasteiger partial charge in [-0.1, -0.05) is 11.6 Å². The lowest BCUT2D eigenvalue weighted by atomic mass is 10.1. The molecule has 3 rings (SSSR count). The van der Waals surface area contributed by atoms with Gasteiger partial charge in [0.2, 0.25) is 0 Å². The summed E-state index contributed by atoms with van der Waals surface area (Å²) in [4.78, 5) is 13.7. The lowest BCUT2D eigenvalue weighted by Gasteiger charge is -2.39. The summed E-state index contributed by atoms with van der Waals surface area (Å²) in [6, 6.07) is 6.05. The van der Waals surface area contributed by atoms with E-state index in [4.69, 9.17) is 16.3 Å². The topological polar surface area (TPSA) is 29.5 Å². The highest BCUT2D eigenvalue weighted by Crippen LogP contribution is 2.36. The van der Waals surface area contributed by atoms with Gasteiger partial charge in [-0.25, -0.2) is 0 Å². The molecule has 0 radical (unpaired) electrons. The third kappa shape index (κ3) is 2.37. The lowest BCUT2D eigenvalue weighted by Crippen LogP contribution is -2.48. The van der Waals surface area contributed by atoms with Crippen LogP contribution in [-0.4, -0.2) is 31.1 Å². The third-order valence-corrected chi connectivity index (χ3v) is 4.45. The minimum Gasteiger partial charge on any atom is -0.374 e. The fourth-order valence-corrected chi connectivity index (χ4v) is 3.47. The molecular formula is C15H18ClNO2. The van der Waals surface area contributed by atoms with Gasteiger partial charge in [-0.15, -0.1) is 0 Å². The van der Waals surface area contributed by atoms with E-state index < -0.39 is 0 Å². The molecule has 2 atom stereocenters. The molecule has 1 saturated carbocycles. The molecule has 2 unspecified atom stereocenters. The summed E-state index contributed by atoms with van der Waals surface area (Å²) in [6.07, 6.45) is 3.87. The predicted octanol–water partition coefficient (Wildman–Crippen LogP) is 3.30. The number of rotatable bonds is 2. The summed E-state index contributed by atoms with van der Waals surface area (Å²) in [5, 5.41) is 0.667. The molecule has 3 nitrogen and oxygen atoms in total. The number of fused-ring (bicyclic) bond motifs is 1. The Bertz CT molecular complexity index is 503. The first kappa shape index (κ1) is 12.9. The van der Waals surface area contributed by atoms with Crippen LogP contribution in [0.5, 0.6) is 0 Å². The highest BCUT2D eigenvalue weighted by Gasteiger charge is 2.36. The maximum absolute atomic E-state index is 11.4. The molecule has 0 N–H and O–H groups in total. The second-order valence-corrected chi connectivity index (χ2v) is 5.73. The van der Waals surface area contributed by atoms with Gasteiger partial charge in [0.05, 0.1) is 29.5 Å². The highest BCUT2D eigenvalue weighted by molar-refractivity contribution is 6.33. The minimum absolute atomic E-state index is 0.0502. The summed E-state index contributed by atoms with van der Waals surface area (Å²) in [5.41, 5.74) is 1.71. The first-order chi connectivity index (χ1) is 9.16. The number of carbonyl (C=O) groups is 1. The van der Waals surface area contributed by atoms with Crippen LogP contribution in [0, 0.1) is 0 Å². The maximum atomic E-state index is 11.4. The van der Waals surface area contributed by atoms with Gasteiger partial charge >= 0.3 is 0 Å². The van der Waals surface area contributed by atoms with Crippen LogP contribution < -0.4 is 4.90 Å². The van der Waals surface area contributed by atoms with Crippen molar-refractivity contribution in [3.05, 3.63) is 28.8 Å². The van der Waals surface area contributed by atoms with E-state index in [2.05, 4.69) is 4.90 Å². The molecule has 1 heterocycles. The summed E-state index contributed by atoms with van der Waals surface area (Å²) in [7, 11) is 0. The van der Waals surface area contributed by atoms with Crippen molar-refractivity contribution in [2.75, 3.05) is 18.1 Å². The second kappa shape index (κ2) is 5.14. The maximum Gasteiger partial charge on any atom is 0.159 e. The number of nitrogens with zero attached hydrogens (tertiary/aromatic N) is 1. The van der Waals surface area contributed by atoms with Gasteiger partial charge in [0.15, 0.2) is 5.78 Å². The minimum atomic E-state index is 0.0502. The number of carbonyl (C=O) groups excluding carboxylic acids is 1. The summed E-state index contributed by atoms with van der Waals surface area (Å²) in [5.74, 6) is 0.0502. The summed E-state index contributed by atoms with van der Waals surface area (Å²) in [6.45, 7) is 3.19. The molecule has 19 heavy (non-hydrogen) atoms. The van der Waals surface area contributed by atoms with Crippen LogP contribution in [-0.2, 0) is 4.74 Å². The number of benzene rings is 1. The molecule has 4 heteroatoms. The van der Waals surface area contributed by atoms with Gasteiger partial charge < -0.3 is 9.64 Å². The van der Waals surface area contributed by atoms with Crippen molar-refractivity contribution >= 4 is 23.1 Å². The van der Waals surface area contributed by atoms with Crippen molar-refractivity contribution in [1.82, 2.24) is 0 Å². The monoisotopic (exact) mass is 279 g/mol. The van der Waals surface area contributed by atoms with Crippen LogP contribution in [0.4, 0.5) is 5.69 Å². The molecule has 2 aliphatic rings. The van der Waals surface area contributed by atoms with Crippen LogP contribution in [0.2, 0.25) is 5.02 Å². The number of hydrogen-bond acceptors (Lipinski definition) is 3. The Labute approximate surface area is 118 Å². The van der Waals surface area contributed by atoms with E-state index in [1.807, 2.05) is 12.1 Å². The average Bonchev–Trinajstić information content (AvgIpc) is 2.86. The zero-order valence-electron chi connectivity index (χ0n) is 11.1. The van der Waals surface area contributed by atoms with Crippen LogP contribution in [0.25, 0.3) is 0 Å². The molecule has 0 spiro atoms. The molecule has 1 aliphatic carbocycles. The second-order valence-electron chi connectivity index (χ2n) is 5.32. The number of Topliss-reactive ketones (excluding diaryl/α,β-unsaturated/α-hetero) is 1. The van der Waals surface area contributed by atoms with Gasteiger partial charge in [0.25, 0.3) is 0 Å². The molecule has 2 fully saturated rings. The van der Waals surface area contributed by atoms with Crippen molar-refractivity contribution in [3.8, 4) is 0 Å². The summed E-state index contributed by atoms with van der Waals surface area (Å²) >= 11 is 6.36. The van der Waals surface area contributed by atoms with Crippen molar-refractivity contribution in [3.63, 3.8) is 0 Å². The molecule has 0 bridgehead atoms. The SMILES string of the molecule is CC(=O)c1ccc(N2CCOC3CCCC32)c(Cl)c1. The molecule has 1 aliphatic heterocycles. The first-order valence-corrected chi connectivity index (χ1v) is 7.23. The number of ether oxygens (including phenoxy) is 1. The van der Waals surface area contributed by atoms with Gasteiger partial charge in [-0.2, -0.15) is 0 Å². The van der Waals surface area contributed by atoms with Gasteiger partial charge in [-0.05, 0) is 44.4 Å². The van der Waals surface area contributed by atoms with Gasteiger partial charge in [0.1, 0.15) is 0 Å².